The van der Waals surface area contributed by atoms with E-state index >= 15 is 0 Å². The van der Waals surface area contributed by atoms with Crippen molar-refractivity contribution in [3.63, 3.8) is 0 Å². The molecule has 1 heterocycles. The number of hydrogen-bond acceptors (Lipinski definition) is 2. The summed E-state index contributed by atoms with van der Waals surface area (Å²) >= 11 is 2.32. The largest absolute Gasteiger partial charge is 0.237 e. The summed E-state index contributed by atoms with van der Waals surface area (Å²) in [5.74, 6) is 0.938. The molecule has 0 radical (unpaired) electrons. The van der Waals surface area contributed by atoms with E-state index in [4.69, 9.17) is 0 Å². The average Bonchev–Trinajstić information content (AvgIpc) is 2.42. The smallest absolute Gasteiger partial charge is 0.129 e. The number of benzene rings is 1. The molecule has 0 N–H and O–H groups in total. The van der Waals surface area contributed by atoms with Crippen LogP contribution >= 0.6 is 22.6 Å². The van der Waals surface area contributed by atoms with Gasteiger partial charge in [-0.1, -0.05) is 43.3 Å². The molecular weight excluding hydrogens is 347 g/mol. The zero-order valence-electron chi connectivity index (χ0n) is 11.2. The second kappa shape index (κ2) is 6.80. The molecule has 2 nitrogen and oxygen atoms in total. The summed E-state index contributed by atoms with van der Waals surface area (Å²) in [7, 11) is 0. The van der Waals surface area contributed by atoms with Crippen molar-refractivity contribution >= 4 is 34.7 Å². The molecular formula is C16H17IN2. The lowest BCUT2D eigenvalue weighted by atomic mass is 10.2. The van der Waals surface area contributed by atoms with E-state index in [0.29, 0.717) is 0 Å². The van der Waals surface area contributed by atoms with E-state index in [0.717, 1.165) is 33.6 Å². The van der Waals surface area contributed by atoms with Gasteiger partial charge in [-0.3, -0.25) is 0 Å². The first-order valence-corrected chi connectivity index (χ1v) is 7.54. The summed E-state index contributed by atoms with van der Waals surface area (Å²) < 4.78 is 1.13. The van der Waals surface area contributed by atoms with Crippen LogP contribution in [0.1, 0.15) is 36.1 Å². The molecule has 0 aliphatic heterocycles. The van der Waals surface area contributed by atoms with E-state index in [1.165, 1.54) is 5.56 Å². The maximum absolute atomic E-state index is 4.63. The van der Waals surface area contributed by atoms with Gasteiger partial charge in [0.1, 0.15) is 5.82 Å². The lowest BCUT2D eigenvalue weighted by molar-refractivity contribution is 0.818. The molecule has 0 bridgehead atoms. The SMILES string of the molecule is CCCc1nc(C)c(I)c(/C=C/c2ccccc2)n1. The van der Waals surface area contributed by atoms with Crippen LogP contribution < -0.4 is 0 Å². The number of hydrogen-bond donors (Lipinski definition) is 0. The maximum atomic E-state index is 4.63. The van der Waals surface area contributed by atoms with Gasteiger partial charge in [0.2, 0.25) is 0 Å². The monoisotopic (exact) mass is 364 g/mol. The topological polar surface area (TPSA) is 25.8 Å². The first-order valence-electron chi connectivity index (χ1n) is 6.47. The highest BCUT2D eigenvalue weighted by atomic mass is 127. The van der Waals surface area contributed by atoms with Crippen LogP contribution in [0.15, 0.2) is 30.3 Å². The zero-order valence-corrected chi connectivity index (χ0v) is 13.4. The highest BCUT2D eigenvalue weighted by Crippen LogP contribution is 2.17. The molecule has 0 atom stereocenters. The summed E-state index contributed by atoms with van der Waals surface area (Å²) in [6.07, 6.45) is 6.18. The Hall–Kier alpha value is -1.23. The van der Waals surface area contributed by atoms with Crippen LogP contribution in [0.3, 0.4) is 0 Å². The van der Waals surface area contributed by atoms with Gasteiger partial charge in [-0.2, -0.15) is 0 Å². The number of rotatable bonds is 4. The molecule has 2 aromatic rings. The molecule has 2 rings (SSSR count). The van der Waals surface area contributed by atoms with Crippen LogP contribution in [0.25, 0.3) is 12.2 Å². The molecule has 0 amide bonds. The Kier molecular flexibility index (Phi) is 5.07. The Bertz CT molecular complexity index is 577. The van der Waals surface area contributed by atoms with Gasteiger partial charge in [0, 0.05) is 6.42 Å². The number of aryl methyl sites for hydroxylation is 2. The van der Waals surface area contributed by atoms with Crippen LogP contribution in [-0.2, 0) is 6.42 Å². The maximum Gasteiger partial charge on any atom is 0.129 e. The predicted octanol–water partition coefficient (Wildman–Crippen LogP) is 4.51. The van der Waals surface area contributed by atoms with Gasteiger partial charge in [-0.15, -0.1) is 0 Å². The molecule has 0 aliphatic rings. The predicted molar refractivity (Wildman–Crippen MR) is 88.9 cm³/mol. The van der Waals surface area contributed by atoms with Crippen LogP contribution in [0.5, 0.6) is 0 Å². The van der Waals surface area contributed by atoms with Crippen molar-refractivity contribution in [2.24, 2.45) is 0 Å². The Balaban J connectivity index is 2.31. The van der Waals surface area contributed by atoms with Crippen LogP contribution in [0.4, 0.5) is 0 Å². The van der Waals surface area contributed by atoms with E-state index in [2.05, 4.69) is 63.8 Å². The number of aromatic nitrogens is 2. The van der Waals surface area contributed by atoms with Crippen molar-refractivity contribution in [3.05, 3.63) is 56.7 Å². The molecule has 0 spiro atoms. The van der Waals surface area contributed by atoms with Crippen LogP contribution in [0.2, 0.25) is 0 Å². The molecule has 1 aromatic heterocycles. The van der Waals surface area contributed by atoms with Crippen molar-refractivity contribution in [3.8, 4) is 0 Å². The van der Waals surface area contributed by atoms with Gasteiger partial charge >= 0.3 is 0 Å². The minimum atomic E-state index is 0.934. The average molecular weight is 364 g/mol. The minimum Gasteiger partial charge on any atom is -0.237 e. The van der Waals surface area contributed by atoms with Gasteiger partial charge in [0.15, 0.2) is 0 Å². The van der Waals surface area contributed by atoms with Gasteiger partial charge in [-0.25, -0.2) is 9.97 Å². The third kappa shape index (κ3) is 3.86. The third-order valence-electron chi connectivity index (χ3n) is 2.80. The Morgan fingerprint density at radius 1 is 1.11 bits per heavy atom. The Morgan fingerprint density at radius 2 is 1.84 bits per heavy atom. The molecule has 0 fully saturated rings. The quantitative estimate of drug-likeness (QED) is 0.746. The molecule has 3 heteroatoms. The Morgan fingerprint density at radius 3 is 2.53 bits per heavy atom. The number of halogens is 1. The van der Waals surface area contributed by atoms with E-state index in [-0.39, 0.29) is 0 Å². The standard InChI is InChI=1S/C16H17IN2/c1-3-7-15-18-12(2)16(17)14(19-15)11-10-13-8-5-4-6-9-13/h4-6,8-11H,3,7H2,1-2H3/b11-10+. The highest BCUT2D eigenvalue weighted by Gasteiger charge is 2.06. The second-order valence-electron chi connectivity index (χ2n) is 4.42. The highest BCUT2D eigenvalue weighted by molar-refractivity contribution is 14.1. The minimum absolute atomic E-state index is 0.934. The van der Waals surface area contributed by atoms with Gasteiger partial charge < -0.3 is 0 Å². The fourth-order valence-corrected chi connectivity index (χ4v) is 2.25. The third-order valence-corrected chi connectivity index (χ3v) is 4.13. The van der Waals surface area contributed by atoms with Crippen LogP contribution in [0, 0.1) is 10.5 Å². The summed E-state index contributed by atoms with van der Waals surface area (Å²) in [6.45, 7) is 4.19. The second-order valence-corrected chi connectivity index (χ2v) is 5.50. The molecule has 0 saturated heterocycles. The number of nitrogens with zero attached hydrogens (tertiary/aromatic N) is 2. The molecule has 19 heavy (non-hydrogen) atoms. The van der Waals surface area contributed by atoms with Crippen molar-refractivity contribution in [1.82, 2.24) is 9.97 Å². The Labute approximate surface area is 128 Å². The van der Waals surface area contributed by atoms with Crippen molar-refractivity contribution in [2.45, 2.75) is 26.7 Å². The summed E-state index contributed by atoms with van der Waals surface area (Å²) in [5.41, 5.74) is 3.26. The first kappa shape index (κ1) is 14.2. The lowest BCUT2D eigenvalue weighted by Gasteiger charge is -2.05. The molecule has 1 aromatic carbocycles. The van der Waals surface area contributed by atoms with E-state index in [1.807, 2.05) is 25.1 Å². The summed E-state index contributed by atoms with van der Waals surface area (Å²) in [4.78, 5) is 9.16. The summed E-state index contributed by atoms with van der Waals surface area (Å²) in [6, 6.07) is 10.3. The van der Waals surface area contributed by atoms with Gasteiger partial charge in [-0.05, 0) is 47.6 Å². The lowest BCUT2D eigenvalue weighted by Crippen LogP contribution is -2.02. The van der Waals surface area contributed by atoms with Crippen molar-refractivity contribution in [1.29, 1.82) is 0 Å². The first-order chi connectivity index (χ1) is 9.20. The van der Waals surface area contributed by atoms with Gasteiger partial charge in [0.25, 0.3) is 0 Å². The molecule has 0 unspecified atom stereocenters. The summed E-state index contributed by atoms with van der Waals surface area (Å²) in [5, 5.41) is 0. The normalized spacial score (nSPS) is 11.1. The van der Waals surface area contributed by atoms with Crippen molar-refractivity contribution < 1.29 is 0 Å². The molecule has 0 saturated carbocycles. The van der Waals surface area contributed by atoms with E-state index < -0.39 is 0 Å². The fraction of sp³-hybridized carbons (Fsp3) is 0.250. The van der Waals surface area contributed by atoms with Gasteiger partial charge in [0.05, 0.1) is 15.0 Å². The molecule has 0 aliphatic carbocycles. The van der Waals surface area contributed by atoms with Crippen LogP contribution in [-0.4, -0.2) is 9.97 Å². The van der Waals surface area contributed by atoms with E-state index in [9.17, 15) is 0 Å². The zero-order chi connectivity index (χ0) is 13.7. The van der Waals surface area contributed by atoms with E-state index in [1.54, 1.807) is 0 Å². The van der Waals surface area contributed by atoms with Crippen molar-refractivity contribution in [2.75, 3.05) is 0 Å². The molecule has 98 valence electrons. The fourth-order valence-electron chi connectivity index (χ4n) is 1.83.